The van der Waals surface area contributed by atoms with Crippen molar-refractivity contribution in [1.29, 1.82) is 0 Å². The predicted molar refractivity (Wildman–Crippen MR) is 494 cm³/mol. The summed E-state index contributed by atoms with van der Waals surface area (Å²) in [6.07, 6.45) is 6.69. The van der Waals surface area contributed by atoms with E-state index < -0.39 is 16.1 Å². The molecule has 12 nitrogen and oxygen atoms in total. The van der Waals surface area contributed by atoms with Gasteiger partial charge in [0, 0.05) is 62.1 Å². The molecule has 1 aliphatic carbocycles. The molecule has 0 atom stereocenters. The molecule has 8 aromatic carbocycles. The molecule has 115 heavy (non-hydrogen) atoms. The van der Waals surface area contributed by atoms with Gasteiger partial charge in [0.2, 0.25) is 0 Å². The lowest BCUT2D eigenvalue weighted by Gasteiger charge is -2.32. The first-order valence-electron chi connectivity index (χ1n) is 40.2. The summed E-state index contributed by atoms with van der Waals surface area (Å²) in [5, 5.41) is 9.28. The van der Waals surface area contributed by atoms with Crippen LogP contribution < -0.4 is 0 Å². The first kappa shape index (κ1) is 112. The Morgan fingerprint density at radius 1 is 0.409 bits per heavy atom. The smallest absolute Gasteiger partial charge is 0.303 e. The van der Waals surface area contributed by atoms with E-state index in [-0.39, 0.29) is 59.2 Å². The van der Waals surface area contributed by atoms with E-state index in [9.17, 15) is 28.8 Å². The van der Waals surface area contributed by atoms with Gasteiger partial charge in [-0.05, 0) is 139 Å². The van der Waals surface area contributed by atoms with Gasteiger partial charge in [0.05, 0.1) is 13.2 Å². The van der Waals surface area contributed by atoms with Crippen molar-refractivity contribution in [2.75, 3.05) is 19.8 Å². The molecule has 1 aliphatic rings. The molecule has 0 aliphatic heterocycles. The van der Waals surface area contributed by atoms with Crippen molar-refractivity contribution in [2.45, 2.75) is 259 Å². The molecule has 1 N–H and O–H groups in total. The Morgan fingerprint density at radius 3 is 0.948 bits per heavy atom. The van der Waals surface area contributed by atoms with Crippen molar-refractivity contribution in [1.82, 2.24) is 0 Å². The van der Waals surface area contributed by atoms with Crippen LogP contribution in [0.5, 0.6) is 0 Å². The molecule has 0 aromatic heterocycles. The van der Waals surface area contributed by atoms with E-state index in [1.54, 1.807) is 0 Å². The van der Waals surface area contributed by atoms with Gasteiger partial charge in [-0.25, -0.2) is 0 Å². The van der Waals surface area contributed by atoms with Crippen molar-refractivity contribution in [3.63, 3.8) is 0 Å². The summed E-state index contributed by atoms with van der Waals surface area (Å²) in [6, 6.07) is 77.9. The molecule has 0 saturated heterocycles. The lowest BCUT2D eigenvalue weighted by Crippen LogP contribution is -2.32. The maximum Gasteiger partial charge on any atom is 0.303 e. The van der Waals surface area contributed by atoms with Gasteiger partial charge in [0.25, 0.3) is 0 Å². The molecule has 9 rings (SSSR count). The number of allylic oxidation sites excluding steroid dienone is 1. The van der Waals surface area contributed by atoms with Gasteiger partial charge < -0.3 is 33.6 Å². The number of aryl methyl sites for hydroxylation is 2. The number of aliphatic hydroxyl groups excluding tert-OH is 1. The van der Waals surface area contributed by atoms with Crippen molar-refractivity contribution < 1.29 is 57.6 Å². The highest BCUT2D eigenvalue weighted by atomic mass is 28.3. The van der Waals surface area contributed by atoms with Crippen LogP contribution in [0, 0.1) is 5.41 Å². The molecule has 0 spiro atoms. The zero-order chi connectivity index (χ0) is 88.9. The van der Waals surface area contributed by atoms with Crippen molar-refractivity contribution >= 4 is 51.8 Å². The summed E-state index contributed by atoms with van der Waals surface area (Å²) in [4.78, 5) is 61.3. The van der Waals surface area contributed by atoms with Crippen LogP contribution in [-0.2, 0) is 83.9 Å². The topological polar surface area (TPSA) is 169 Å². The summed E-state index contributed by atoms with van der Waals surface area (Å²) in [5.41, 5.74) is 13.7. The quantitative estimate of drug-likeness (QED) is 0.0320. The SMILES string of the molecule is C=CCC.C=CCOC(C)=O.CC.CC(=O)OC(C)(C)C.CC(=O)OCC1c2ccccc2-c2ccccc21.CC(=O)OCC[Si](C)(C)C.CC(=O)OCc1ccccc1.CC(C)(C)C.CC(C)(C)[Si](C)(C)C.CC(C)=O.CC(c1ccccc1)(c1ccccc1)c1ccccc1.CCc1ccc(CO)cc1.CCc1ccccc1. The maximum absolute atomic E-state index is 11.0. The Kier molecular flexibility index (Phi) is 61.3. The van der Waals surface area contributed by atoms with E-state index in [2.05, 4.69) is 273 Å². The molecule has 0 unspecified atom stereocenters. The second-order valence-electron chi connectivity index (χ2n) is 32.7. The van der Waals surface area contributed by atoms with E-state index in [4.69, 9.17) is 24.1 Å². The molecule has 634 valence electrons. The molecule has 14 heteroatoms. The van der Waals surface area contributed by atoms with Gasteiger partial charge >= 0.3 is 29.8 Å². The highest BCUT2D eigenvalue weighted by molar-refractivity contribution is 6.78. The number of ketones is 1. The van der Waals surface area contributed by atoms with Crippen LogP contribution in [0.3, 0.4) is 0 Å². The Balaban J connectivity index is -0.000000602. The first-order valence-corrected chi connectivity index (χ1v) is 47.4. The molecular weight excluding hydrogens is 1460 g/mol. The van der Waals surface area contributed by atoms with E-state index >= 15 is 0 Å². The lowest BCUT2D eigenvalue weighted by atomic mass is 9.71. The van der Waals surface area contributed by atoms with Gasteiger partial charge in [0.1, 0.15) is 31.2 Å². The fourth-order valence-corrected chi connectivity index (χ4v) is 9.63. The lowest BCUT2D eigenvalue weighted by molar-refractivity contribution is -0.152. The molecule has 0 fully saturated rings. The average molecular weight is 1610 g/mol. The van der Waals surface area contributed by atoms with Gasteiger partial charge in [-0.3, -0.25) is 24.0 Å². The molecule has 8 aromatic rings. The van der Waals surface area contributed by atoms with Crippen LogP contribution in [0.4, 0.5) is 0 Å². The van der Waals surface area contributed by atoms with Crippen LogP contribution in [0.1, 0.15) is 222 Å². The highest BCUT2D eigenvalue weighted by Gasteiger charge is 2.32. The van der Waals surface area contributed by atoms with Crippen molar-refractivity contribution in [2.24, 2.45) is 5.41 Å². The molecule has 0 radical (unpaired) electrons. The molecule has 0 amide bonds. The van der Waals surface area contributed by atoms with E-state index in [0.29, 0.717) is 36.9 Å². The summed E-state index contributed by atoms with van der Waals surface area (Å²) >= 11 is 0. The number of Topliss-reactive ketones (excluding diaryl/α,β-unsaturated/α-hetero) is 1. The number of carbonyl (C=O) groups is 6. The minimum absolute atomic E-state index is 0.121. The Morgan fingerprint density at radius 2 is 0.704 bits per heavy atom. The molecular formula is C101H150O12Si2. The third kappa shape index (κ3) is 60.8. The Hall–Kier alpha value is -9.35. The van der Waals surface area contributed by atoms with Crippen LogP contribution >= 0.6 is 0 Å². The number of benzene rings is 8. The monoisotopic (exact) mass is 1610 g/mol. The first-order chi connectivity index (χ1) is 53.7. The van der Waals surface area contributed by atoms with Crippen LogP contribution in [-0.4, -0.2) is 82.3 Å². The normalized spacial score (nSPS) is 10.6. The average Bonchev–Trinajstić information content (AvgIpc) is 1.40. The minimum Gasteiger partial charge on any atom is -0.466 e. The van der Waals surface area contributed by atoms with E-state index in [1.165, 1.54) is 105 Å². The number of aliphatic hydroxyl groups is 1. The van der Waals surface area contributed by atoms with Crippen LogP contribution in [0.15, 0.2) is 250 Å². The summed E-state index contributed by atoms with van der Waals surface area (Å²) in [6.45, 7) is 66.7. The fraction of sp³-hybridized carbons (Fsp3) is 0.426. The second kappa shape index (κ2) is 62.9. The third-order valence-electron chi connectivity index (χ3n) is 16.2. The summed E-state index contributed by atoms with van der Waals surface area (Å²) in [5.74, 6) is -0.789. The van der Waals surface area contributed by atoms with Crippen molar-refractivity contribution in [3.05, 3.63) is 300 Å². The number of carbonyl (C=O) groups excluding carboxylic acids is 6. The zero-order valence-electron chi connectivity index (χ0n) is 76.3. The van der Waals surface area contributed by atoms with Crippen molar-refractivity contribution in [3.8, 4) is 11.1 Å². The number of fused-ring (bicyclic) bond motifs is 3. The molecule has 0 bridgehead atoms. The highest BCUT2D eigenvalue weighted by Crippen LogP contribution is 2.45. The number of esters is 5. The van der Waals surface area contributed by atoms with Crippen LogP contribution in [0.25, 0.3) is 11.1 Å². The Bertz CT molecular complexity index is 3650. The Labute approximate surface area is 700 Å². The van der Waals surface area contributed by atoms with Gasteiger partial charge in [0.15, 0.2) is 0 Å². The molecule has 0 saturated carbocycles. The van der Waals surface area contributed by atoms with Gasteiger partial charge in [-0.15, -0.1) is 6.58 Å². The zero-order valence-corrected chi connectivity index (χ0v) is 78.3. The number of rotatable bonds is 16. The second-order valence-corrected chi connectivity index (χ2v) is 44.4. The third-order valence-corrected chi connectivity index (χ3v) is 22.4. The van der Waals surface area contributed by atoms with Gasteiger partial charge in [-0.1, -0.05) is 366 Å². The predicted octanol–water partition coefficient (Wildman–Crippen LogP) is 26.5. The minimum atomic E-state index is -1.00. The standard InChI is InChI=1S/C20H18.C16H14O2.C9H10O2.C9H12O.C8H10.C7H16O2Si.C7H18Si.C6H12O2.C5H8O2.C5H12.C4H8.C3H6O.C2H6/c1-20(17-11-5-2-6-12-17,18-13-7-3-8-14-18)19-15-9-4-10-16-19;1-11(17)18-10-16-14-8-4-2-6-12(14)13-7-3-5-9-15(13)16;1-8(10)11-7-9-5-3-2-4-6-9;1-2-8-3-5-9(7-10)6-4-8;1-2-8-6-4-3-5-7-8;1-7(8)9-5-6-10(2,3)4;1-7(2,3)8(4,5)6;1-5(7)8-6(2,3)4;1-3-4-7-5(2)6;1-5(2,3)4;1-3-4-2;1-3(2)4;1-2/h2-16H,1H3;2-9,16H,10H2,1H3;2-6H,7H2,1H3;3-6,10H,2,7H2,1H3;3-7H,2H2,1H3;5-6H2,1-4H3;1-6H3;1-4H3;3H,1,4H2,2H3;1-4H3;3H,1,4H2,2H3;1-2H3;1-2H3. The largest absolute Gasteiger partial charge is 0.466 e. The van der Waals surface area contributed by atoms with Gasteiger partial charge in [-0.2, -0.15) is 0 Å². The number of hydrogen-bond donors (Lipinski definition) is 1. The van der Waals surface area contributed by atoms with E-state index in [1.807, 2.05) is 126 Å². The fourth-order valence-electron chi connectivity index (χ4n) is 8.92. The van der Waals surface area contributed by atoms with Crippen LogP contribution in [0.2, 0.25) is 50.4 Å². The maximum atomic E-state index is 11.0. The molecule has 0 heterocycles. The number of ether oxygens (including phenoxy) is 5. The summed E-state index contributed by atoms with van der Waals surface area (Å²) in [7, 11) is -1.86. The summed E-state index contributed by atoms with van der Waals surface area (Å²) < 4.78 is 24.0. The van der Waals surface area contributed by atoms with E-state index in [0.717, 1.165) is 36.4 Å². The number of hydrogen-bond acceptors (Lipinski definition) is 12.